The standard InChI is InChI=1S/C23H26Cl2N4O5S/c24-19-2-1-18(22(25)15-19)16-26-11-13-27(14-12-26)23(30)17-7-9-28(10-8-17)35(33,34)21-5-3-20(4-6-21)29(31)32/h1-6,15,17H,7-14,16H2. The molecular formula is C23H26Cl2N4O5S. The summed E-state index contributed by atoms with van der Waals surface area (Å²) in [5.41, 5.74) is 0.835. The van der Waals surface area contributed by atoms with Crippen LogP contribution in [0.1, 0.15) is 18.4 Å². The predicted octanol–water partition coefficient (Wildman–Crippen LogP) is 3.65. The average molecular weight is 541 g/mol. The zero-order valence-electron chi connectivity index (χ0n) is 19.0. The summed E-state index contributed by atoms with van der Waals surface area (Å²) in [7, 11) is -3.76. The quantitative estimate of drug-likeness (QED) is 0.409. The molecule has 12 heteroatoms. The number of nitro groups is 1. The molecule has 2 heterocycles. The number of nitro benzene ring substituents is 1. The maximum absolute atomic E-state index is 13.1. The molecule has 1 amide bonds. The first-order chi connectivity index (χ1) is 16.6. The molecule has 0 N–H and O–H groups in total. The van der Waals surface area contributed by atoms with Crippen LogP contribution in [0.3, 0.4) is 0 Å². The third kappa shape index (κ3) is 5.95. The number of carbonyl (C=O) groups is 1. The Morgan fingerprint density at radius 1 is 0.971 bits per heavy atom. The lowest BCUT2D eigenvalue weighted by Crippen LogP contribution is -2.51. The molecule has 188 valence electrons. The van der Waals surface area contributed by atoms with Gasteiger partial charge in [-0.25, -0.2) is 8.42 Å². The van der Waals surface area contributed by atoms with Crippen molar-refractivity contribution >= 4 is 44.8 Å². The van der Waals surface area contributed by atoms with Gasteiger partial charge in [-0.15, -0.1) is 0 Å². The van der Waals surface area contributed by atoms with Gasteiger partial charge >= 0.3 is 0 Å². The van der Waals surface area contributed by atoms with Gasteiger partial charge < -0.3 is 4.90 Å². The minimum atomic E-state index is -3.76. The second-order valence-electron chi connectivity index (χ2n) is 8.77. The number of benzene rings is 2. The number of sulfonamides is 1. The van der Waals surface area contributed by atoms with E-state index < -0.39 is 14.9 Å². The van der Waals surface area contributed by atoms with Gasteiger partial charge in [0.25, 0.3) is 5.69 Å². The molecule has 0 unspecified atom stereocenters. The van der Waals surface area contributed by atoms with E-state index in [1.165, 1.54) is 28.6 Å². The lowest BCUT2D eigenvalue weighted by Gasteiger charge is -2.38. The summed E-state index contributed by atoms with van der Waals surface area (Å²) in [6.07, 6.45) is 0.900. The van der Waals surface area contributed by atoms with Crippen LogP contribution in [0.25, 0.3) is 0 Å². The number of rotatable bonds is 6. The maximum atomic E-state index is 13.1. The summed E-state index contributed by atoms with van der Waals surface area (Å²) in [6, 6.07) is 10.3. The molecule has 0 bridgehead atoms. The van der Waals surface area contributed by atoms with Crippen LogP contribution < -0.4 is 0 Å². The minimum Gasteiger partial charge on any atom is -0.340 e. The first-order valence-electron chi connectivity index (χ1n) is 11.3. The van der Waals surface area contributed by atoms with Crippen molar-refractivity contribution in [3.63, 3.8) is 0 Å². The van der Waals surface area contributed by atoms with Gasteiger partial charge in [-0.1, -0.05) is 29.3 Å². The second-order valence-corrected chi connectivity index (χ2v) is 11.5. The molecule has 2 saturated heterocycles. The lowest BCUT2D eigenvalue weighted by molar-refractivity contribution is -0.384. The van der Waals surface area contributed by atoms with Gasteiger partial charge in [0.15, 0.2) is 0 Å². The van der Waals surface area contributed by atoms with Gasteiger partial charge in [-0.2, -0.15) is 4.31 Å². The van der Waals surface area contributed by atoms with Crippen molar-refractivity contribution in [2.45, 2.75) is 24.3 Å². The highest BCUT2D eigenvalue weighted by molar-refractivity contribution is 7.89. The molecule has 0 aliphatic carbocycles. The van der Waals surface area contributed by atoms with Crippen LogP contribution in [0.15, 0.2) is 47.4 Å². The highest BCUT2D eigenvalue weighted by atomic mass is 35.5. The summed E-state index contributed by atoms with van der Waals surface area (Å²) in [4.78, 5) is 27.5. The Morgan fingerprint density at radius 3 is 2.17 bits per heavy atom. The Hall–Kier alpha value is -2.24. The normalized spacial score (nSPS) is 18.5. The van der Waals surface area contributed by atoms with Crippen molar-refractivity contribution in [1.82, 2.24) is 14.1 Å². The number of halogens is 2. The maximum Gasteiger partial charge on any atom is 0.269 e. The van der Waals surface area contributed by atoms with Crippen molar-refractivity contribution in [2.24, 2.45) is 5.92 Å². The van der Waals surface area contributed by atoms with E-state index >= 15 is 0 Å². The van der Waals surface area contributed by atoms with Gasteiger partial charge in [0.2, 0.25) is 15.9 Å². The smallest absolute Gasteiger partial charge is 0.269 e. The fourth-order valence-corrected chi connectivity index (χ4v) is 6.45. The topological polar surface area (TPSA) is 104 Å². The van der Waals surface area contributed by atoms with Crippen molar-refractivity contribution in [2.75, 3.05) is 39.3 Å². The van der Waals surface area contributed by atoms with Gasteiger partial charge in [0.1, 0.15) is 0 Å². The number of nitrogens with zero attached hydrogens (tertiary/aromatic N) is 4. The van der Waals surface area contributed by atoms with Crippen molar-refractivity contribution in [3.05, 3.63) is 68.2 Å². The third-order valence-electron chi connectivity index (χ3n) is 6.58. The van der Waals surface area contributed by atoms with E-state index in [-0.39, 0.29) is 35.5 Å². The number of piperidine rings is 1. The fourth-order valence-electron chi connectivity index (χ4n) is 4.51. The Balaban J connectivity index is 1.28. The molecule has 0 atom stereocenters. The highest BCUT2D eigenvalue weighted by Gasteiger charge is 2.34. The van der Waals surface area contributed by atoms with Crippen LogP contribution >= 0.6 is 23.2 Å². The summed E-state index contributed by atoms with van der Waals surface area (Å²) < 4.78 is 27.2. The molecule has 2 aliphatic heterocycles. The van der Waals surface area contributed by atoms with Gasteiger partial charge in [-0.05, 0) is 42.7 Å². The molecule has 0 radical (unpaired) electrons. The molecule has 0 spiro atoms. The first kappa shape index (κ1) is 25.8. The van der Waals surface area contributed by atoms with Crippen LogP contribution in [0, 0.1) is 16.0 Å². The number of hydrogen-bond donors (Lipinski definition) is 0. The SMILES string of the molecule is O=C(C1CCN(S(=O)(=O)c2ccc([N+](=O)[O-])cc2)CC1)N1CCN(Cc2ccc(Cl)cc2Cl)CC1. The van der Waals surface area contributed by atoms with Crippen molar-refractivity contribution in [1.29, 1.82) is 0 Å². The van der Waals surface area contributed by atoms with Gasteiger partial charge in [0.05, 0.1) is 9.82 Å². The summed E-state index contributed by atoms with van der Waals surface area (Å²) >= 11 is 12.2. The van der Waals surface area contributed by atoms with Crippen LogP contribution in [0.4, 0.5) is 5.69 Å². The van der Waals surface area contributed by atoms with E-state index in [0.717, 1.165) is 18.7 Å². The molecule has 2 fully saturated rings. The van der Waals surface area contributed by atoms with Crippen LogP contribution in [-0.4, -0.2) is 72.6 Å². The van der Waals surface area contributed by atoms with Crippen molar-refractivity contribution < 1.29 is 18.1 Å². The monoisotopic (exact) mass is 540 g/mol. The Kier molecular flexibility index (Phi) is 7.97. The summed E-state index contributed by atoms with van der Waals surface area (Å²) in [5, 5.41) is 12.0. The van der Waals surface area contributed by atoms with Crippen LogP contribution in [-0.2, 0) is 21.4 Å². The fraction of sp³-hybridized carbons (Fsp3) is 0.435. The predicted molar refractivity (Wildman–Crippen MR) is 133 cm³/mol. The Morgan fingerprint density at radius 2 is 1.60 bits per heavy atom. The molecule has 2 aromatic rings. The highest BCUT2D eigenvalue weighted by Crippen LogP contribution is 2.27. The zero-order chi connectivity index (χ0) is 25.2. The van der Waals surface area contributed by atoms with E-state index in [1.807, 2.05) is 17.0 Å². The molecule has 2 aromatic carbocycles. The molecular weight excluding hydrogens is 515 g/mol. The number of non-ortho nitro benzene ring substituents is 1. The van der Waals surface area contributed by atoms with E-state index in [9.17, 15) is 23.3 Å². The van der Waals surface area contributed by atoms with E-state index in [2.05, 4.69) is 4.90 Å². The zero-order valence-corrected chi connectivity index (χ0v) is 21.3. The summed E-state index contributed by atoms with van der Waals surface area (Å²) in [6.45, 7) is 3.87. The largest absolute Gasteiger partial charge is 0.340 e. The molecule has 4 rings (SSSR count). The minimum absolute atomic E-state index is 0.0183. The van der Waals surface area contributed by atoms with Crippen LogP contribution in [0.2, 0.25) is 10.0 Å². The van der Waals surface area contributed by atoms with Crippen LogP contribution in [0.5, 0.6) is 0 Å². The molecule has 35 heavy (non-hydrogen) atoms. The second kappa shape index (κ2) is 10.8. The van der Waals surface area contributed by atoms with Crippen molar-refractivity contribution in [3.8, 4) is 0 Å². The number of amides is 1. The first-order valence-corrected chi connectivity index (χ1v) is 13.5. The Labute approximate surface area is 214 Å². The molecule has 2 aliphatic rings. The number of piperazine rings is 1. The average Bonchev–Trinajstić information content (AvgIpc) is 2.86. The number of hydrogen-bond acceptors (Lipinski definition) is 6. The molecule has 9 nitrogen and oxygen atoms in total. The summed E-state index contributed by atoms with van der Waals surface area (Å²) in [5.74, 6) is -0.142. The van der Waals surface area contributed by atoms with E-state index in [1.54, 1.807) is 6.07 Å². The van der Waals surface area contributed by atoms with Gasteiger partial charge in [0, 0.05) is 73.9 Å². The number of carbonyl (C=O) groups excluding carboxylic acids is 1. The Bertz CT molecular complexity index is 1190. The molecule has 0 saturated carbocycles. The van der Waals surface area contributed by atoms with E-state index in [4.69, 9.17) is 23.2 Å². The van der Waals surface area contributed by atoms with Gasteiger partial charge in [-0.3, -0.25) is 19.8 Å². The molecule has 0 aromatic heterocycles. The third-order valence-corrected chi connectivity index (χ3v) is 9.08. The van der Waals surface area contributed by atoms with E-state index in [0.29, 0.717) is 42.5 Å². The lowest BCUT2D eigenvalue weighted by atomic mass is 9.96.